The van der Waals surface area contributed by atoms with E-state index in [4.69, 9.17) is 0 Å². The molecule has 1 fully saturated rings. The molecule has 0 radical (unpaired) electrons. The highest BCUT2D eigenvalue weighted by Crippen LogP contribution is 2.22. The smallest absolute Gasteiger partial charge is 0.141 e. The number of likely N-dealkylation sites (tertiary alicyclic amines) is 1. The maximum atomic E-state index is 11.3. The van der Waals surface area contributed by atoms with Crippen molar-refractivity contribution in [2.75, 3.05) is 6.54 Å². The van der Waals surface area contributed by atoms with Crippen molar-refractivity contribution in [2.24, 2.45) is 0 Å². The molecule has 18 heavy (non-hydrogen) atoms. The fourth-order valence-corrected chi connectivity index (χ4v) is 2.67. The van der Waals surface area contributed by atoms with E-state index in [1.165, 1.54) is 6.42 Å². The second-order valence-electron chi connectivity index (χ2n) is 5.39. The summed E-state index contributed by atoms with van der Waals surface area (Å²) in [5.41, 5.74) is 0. The number of ketones is 1. The summed E-state index contributed by atoms with van der Waals surface area (Å²) in [5, 5.41) is 4.26. The van der Waals surface area contributed by atoms with Crippen LogP contribution in [0.15, 0.2) is 6.33 Å². The molecule has 100 valence electrons. The van der Waals surface area contributed by atoms with Crippen molar-refractivity contribution in [3.8, 4) is 0 Å². The Labute approximate surface area is 108 Å². The maximum absolute atomic E-state index is 11.3. The Bertz CT molecular complexity index is 413. The molecule has 0 aromatic carbocycles. The molecule has 1 aliphatic heterocycles. The van der Waals surface area contributed by atoms with E-state index >= 15 is 0 Å². The van der Waals surface area contributed by atoms with Crippen LogP contribution in [0.1, 0.15) is 51.9 Å². The Morgan fingerprint density at radius 2 is 2.33 bits per heavy atom. The second kappa shape index (κ2) is 5.61. The van der Waals surface area contributed by atoms with E-state index in [2.05, 4.69) is 28.8 Å². The first-order valence-corrected chi connectivity index (χ1v) is 6.69. The molecule has 0 N–H and O–H groups in total. The number of Topliss-reactive ketones (excluding diaryl/α,β-unsaturated/α-hetero) is 1. The fraction of sp³-hybridized carbons (Fsp3) is 0.769. The summed E-state index contributed by atoms with van der Waals surface area (Å²) in [6.45, 7) is 7.75. The number of rotatable bonds is 5. The zero-order chi connectivity index (χ0) is 13.1. The van der Waals surface area contributed by atoms with E-state index in [-0.39, 0.29) is 5.78 Å². The van der Waals surface area contributed by atoms with Crippen LogP contribution in [0.4, 0.5) is 0 Å². The Morgan fingerprint density at radius 1 is 1.56 bits per heavy atom. The molecule has 2 rings (SSSR count). The van der Waals surface area contributed by atoms with E-state index in [9.17, 15) is 4.79 Å². The largest absolute Gasteiger partial charge is 0.300 e. The van der Waals surface area contributed by atoms with E-state index in [0.717, 1.165) is 25.3 Å². The number of hydrogen-bond donors (Lipinski definition) is 0. The molecule has 1 aromatic rings. The Balaban J connectivity index is 2.03. The number of hydrogen-bond acceptors (Lipinski definition) is 4. The van der Waals surface area contributed by atoms with Crippen LogP contribution in [-0.2, 0) is 11.3 Å². The van der Waals surface area contributed by atoms with Crippen molar-refractivity contribution in [3.05, 3.63) is 12.2 Å². The van der Waals surface area contributed by atoms with Gasteiger partial charge in [-0.1, -0.05) is 0 Å². The molecule has 2 heterocycles. The van der Waals surface area contributed by atoms with Gasteiger partial charge in [0.2, 0.25) is 0 Å². The van der Waals surface area contributed by atoms with Gasteiger partial charge in [-0.15, -0.1) is 0 Å². The van der Waals surface area contributed by atoms with Crippen LogP contribution in [0.25, 0.3) is 0 Å². The zero-order valence-electron chi connectivity index (χ0n) is 11.5. The average molecular weight is 250 g/mol. The topological polar surface area (TPSA) is 51.0 Å². The summed E-state index contributed by atoms with van der Waals surface area (Å²) in [5.74, 6) is 1.28. The first-order chi connectivity index (χ1) is 8.58. The van der Waals surface area contributed by atoms with Crippen LogP contribution in [0.2, 0.25) is 0 Å². The Morgan fingerprint density at radius 3 is 3.00 bits per heavy atom. The molecule has 0 aliphatic carbocycles. The SMILES string of the molecule is CC(=O)CC1CCCN1Cc1ncnn1C(C)C. The first-order valence-electron chi connectivity index (χ1n) is 6.69. The summed E-state index contributed by atoms with van der Waals surface area (Å²) in [6, 6.07) is 0.719. The fourth-order valence-electron chi connectivity index (χ4n) is 2.67. The third kappa shape index (κ3) is 2.96. The van der Waals surface area contributed by atoms with Gasteiger partial charge in [0, 0.05) is 18.5 Å². The molecule has 1 aromatic heterocycles. The van der Waals surface area contributed by atoms with Crippen LogP contribution in [-0.4, -0.2) is 38.0 Å². The van der Waals surface area contributed by atoms with Crippen molar-refractivity contribution in [1.29, 1.82) is 0 Å². The zero-order valence-corrected chi connectivity index (χ0v) is 11.5. The standard InChI is InChI=1S/C13H22N4O/c1-10(2)17-13(14-9-15-17)8-16-6-4-5-12(16)7-11(3)18/h9-10,12H,4-8H2,1-3H3. The van der Waals surface area contributed by atoms with Crippen molar-refractivity contribution < 1.29 is 4.79 Å². The van der Waals surface area contributed by atoms with Gasteiger partial charge in [-0.3, -0.25) is 9.69 Å². The number of carbonyl (C=O) groups excluding carboxylic acids is 1. The van der Waals surface area contributed by atoms with E-state index < -0.39 is 0 Å². The minimum Gasteiger partial charge on any atom is -0.300 e. The van der Waals surface area contributed by atoms with Gasteiger partial charge < -0.3 is 0 Å². The van der Waals surface area contributed by atoms with Crippen LogP contribution >= 0.6 is 0 Å². The summed E-state index contributed by atoms with van der Waals surface area (Å²) in [4.78, 5) is 18.0. The highest BCUT2D eigenvalue weighted by Gasteiger charge is 2.26. The van der Waals surface area contributed by atoms with Gasteiger partial charge in [-0.2, -0.15) is 5.10 Å². The molecule has 0 spiro atoms. The van der Waals surface area contributed by atoms with Crippen LogP contribution < -0.4 is 0 Å². The highest BCUT2D eigenvalue weighted by molar-refractivity contribution is 5.76. The van der Waals surface area contributed by atoms with E-state index in [1.54, 1.807) is 13.3 Å². The summed E-state index contributed by atoms with van der Waals surface area (Å²) >= 11 is 0. The quantitative estimate of drug-likeness (QED) is 0.799. The van der Waals surface area contributed by atoms with Crippen molar-refractivity contribution in [3.63, 3.8) is 0 Å². The molecule has 1 aliphatic rings. The molecule has 1 saturated heterocycles. The van der Waals surface area contributed by atoms with E-state index in [0.29, 0.717) is 18.5 Å². The van der Waals surface area contributed by atoms with Crippen LogP contribution in [0, 0.1) is 0 Å². The molecule has 5 heteroatoms. The lowest BCUT2D eigenvalue weighted by Gasteiger charge is -2.23. The summed E-state index contributed by atoms with van der Waals surface area (Å²) in [7, 11) is 0. The first kappa shape index (κ1) is 13.2. The molecular weight excluding hydrogens is 228 g/mol. The average Bonchev–Trinajstić information content (AvgIpc) is 2.88. The van der Waals surface area contributed by atoms with Crippen molar-refractivity contribution in [1.82, 2.24) is 19.7 Å². The third-order valence-electron chi connectivity index (χ3n) is 3.50. The van der Waals surface area contributed by atoms with Crippen LogP contribution in [0.3, 0.4) is 0 Å². The predicted octanol–water partition coefficient (Wildman–Crippen LogP) is 1.80. The number of nitrogens with zero attached hydrogens (tertiary/aromatic N) is 4. The lowest BCUT2D eigenvalue weighted by molar-refractivity contribution is -0.118. The molecule has 1 unspecified atom stereocenters. The predicted molar refractivity (Wildman–Crippen MR) is 69.1 cm³/mol. The molecule has 0 saturated carbocycles. The monoisotopic (exact) mass is 250 g/mol. The minimum atomic E-state index is 0.275. The molecule has 0 bridgehead atoms. The number of carbonyl (C=O) groups is 1. The minimum absolute atomic E-state index is 0.275. The number of aromatic nitrogens is 3. The van der Waals surface area contributed by atoms with Crippen molar-refractivity contribution in [2.45, 2.75) is 58.7 Å². The van der Waals surface area contributed by atoms with Crippen LogP contribution in [0.5, 0.6) is 0 Å². The summed E-state index contributed by atoms with van der Waals surface area (Å²) < 4.78 is 1.96. The second-order valence-corrected chi connectivity index (χ2v) is 5.39. The van der Waals surface area contributed by atoms with Gasteiger partial charge in [0.25, 0.3) is 0 Å². The Hall–Kier alpha value is -1.23. The molecule has 0 amide bonds. The normalized spacial score (nSPS) is 20.8. The van der Waals surface area contributed by atoms with Gasteiger partial charge in [-0.25, -0.2) is 9.67 Å². The molecular formula is C13H22N4O. The van der Waals surface area contributed by atoms with Gasteiger partial charge >= 0.3 is 0 Å². The Kier molecular flexibility index (Phi) is 4.11. The van der Waals surface area contributed by atoms with E-state index in [1.807, 2.05) is 4.68 Å². The van der Waals surface area contributed by atoms with Gasteiger partial charge in [-0.05, 0) is 40.2 Å². The summed E-state index contributed by atoms with van der Waals surface area (Å²) in [6.07, 6.45) is 4.57. The highest BCUT2D eigenvalue weighted by atomic mass is 16.1. The lowest BCUT2D eigenvalue weighted by Crippen LogP contribution is -2.31. The maximum Gasteiger partial charge on any atom is 0.141 e. The molecule has 5 nitrogen and oxygen atoms in total. The van der Waals surface area contributed by atoms with Gasteiger partial charge in [0.05, 0.1) is 6.54 Å². The third-order valence-corrected chi connectivity index (χ3v) is 3.50. The van der Waals surface area contributed by atoms with Gasteiger partial charge in [0.15, 0.2) is 0 Å². The lowest BCUT2D eigenvalue weighted by atomic mass is 10.1. The molecule has 1 atom stereocenters. The van der Waals surface area contributed by atoms with Gasteiger partial charge in [0.1, 0.15) is 17.9 Å². The van der Waals surface area contributed by atoms with Crippen molar-refractivity contribution >= 4 is 5.78 Å².